The molecule has 33 heavy (non-hydrogen) atoms. The average Bonchev–Trinajstić information content (AvgIpc) is 3.31. The summed E-state index contributed by atoms with van der Waals surface area (Å²) < 4.78 is 10.0. The zero-order chi connectivity index (χ0) is 24.0. The van der Waals surface area contributed by atoms with Crippen molar-refractivity contribution < 1.29 is 28.3 Å². The number of ether oxygens (including phenoxy) is 1. The summed E-state index contributed by atoms with van der Waals surface area (Å²) in [5.74, 6) is -1.92. The Hall–Kier alpha value is -4.40. The van der Waals surface area contributed by atoms with E-state index < -0.39 is 30.4 Å². The third kappa shape index (κ3) is 6.30. The first kappa shape index (κ1) is 23.3. The average molecular weight is 449 g/mol. The number of aryl methyl sites for hydroxylation is 3. The number of amides is 4. The molecule has 0 aliphatic heterocycles. The molecule has 0 saturated carbocycles. The highest BCUT2D eigenvalue weighted by Crippen LogP contribution is 2.19. The van der Waals surface area contributed by atoms with Crippen molar-refractivity contribution in [3.63, 3.8) is 0 Å². The summed E-state index contributed by atoms with van der Waals surface area (Å²) in [6.07, 6.45) is 1.38. The van der Waals surface area contributed by atoms with E-state index >= 15 is 0 Å². The summed E-state index contributed by atoms with van der Waals surface area (Å²) in [5, 5.41) is 7.30. The van der Waals surface area contributed by atoms with Gasteiger partial charge in [-0.2, -0.15) is 0 Å². The van der Waals surface area contributed by atoms with E-state index in [9.17, 15) is 19.2 Å². The molecule has 0 aliphatic rings. The summed E-state index contributed by atoms with van der Waals surface area (Å²) in [6.45, 7) is 4.96. The number of carbonyl (C=O) groups excluding carboxylic acids is 4. The normalized spacial score (nSPS) is 10.3. The Kier molecular flexibility index (Phi) is 7.24. The maximum absolute atomic E-state index is 12.3. The van der Waals surface area contributed by atoms with Gasteiger partial charge >= 0.3 is 12.0 Å². The van der Waals surface area contributed by atoms with E-state index in [0.29, 0.717) is 16.9 Å². The van der Waals surface area contributed by atoms with Crippen molar-refractivity contribution in [3.05, 3.63) is 82.8 Å². The third-order valence-corrected chi connectivity index (χ3v) is 4.82. The van der Waals surface area contributed by atoms with Gasteiger partial charge in [0, 0.05) is 11.4 Å². The summed E-state index contributed by atoms with van der Waals surface area (Å²) in [4.78, 5) is 48.5. The van der Waals surface area contributed by atoms with Crippen LogP contribution < -0.4 is 16.0 Å². The molecular weight excluding hydrogens is 426 g/mol. The van der Waals surface area contributed by atoms with Crippen LogP contribution in [0.4, 0.5) is 16.2 Å². The fraction of sp³-hybridized carbons (Fsp3) is 0.167. The lowest BCUT2D eigenvalue weighted by molar-refractivity contribution is -0.123. The van der Waals surface area contributed by atoms with Crippen molar-refractivity contribution in [2.45, 2.75) is 20.8 Å². The summed E-state index contributed by atoms with van der Waals surface area (Å²) in [5.41, 5.74) is 3.83. The number of nitrogens with one attached hydrogen (secondary N) is 3. The van der Waals surface area contributed by atoms with E-state index in [1.54, 1.807) is 31.2 Å². The Morgan fingerprint density at radius 1 is 0.879 bits per heavy atom. The highest BCUT2D eigenvalue weighted by atomic mass is 16.5. The van der Waals surface area contributed by atoms with Crippen molar-refractivity contribution in [1.29, 1.82) is 0 Å². The van der Waals surface area contributed by atoms with Gasteiger partial charge in [0.15, 0.2) is 12.4 Å². The zero-order valence-corrected chi connectivity index (χ0v) is 18.4. The van der Waals surface area contributed by atoms with Gasteiger partial charge in [0.2, 0.25) is 0 Å². The number of anilines is 2. The molecule has 0 bridgehead atoms. The molecule has 4 amide bonds. The molecule has 0 atom stereocenters. The lowest BCUT2D eigenvalue weighted by Crippen LogP contribution is -2.37. The van der Waals surface area contributed by atoms with Gasteiger partial charge in [-0.1, -0.05) is 12.1 Å². The second kappa shape index (κ2) is 10.3. The quantitative estimate of drug-likeness (QED) is 0.489. The number of furan rings is 1. The second-order valence-electron chi connectivity index (χ2n) is 7.34. The third-order valence-electron chi connectivity index (χ3n) is 4.82. The number of rotatable bonds is 6. The summed E-state index contributed by atoms with van der Waals surface area (Å²) in [7, 11) is 0. The van der Waals surface area contributed by atoms with Gasteiger partial charge in [-0.15, -0.1) is 0 Å². The van der Waals surface area contributed by atoms with Gasteiger partial charge in [0.05, 0.1) is 11.8 Å². The molecule has 1 heterocycles. The SMILES string of the molecule is Cc1ccc(NC(=O)NC(=O)COC(=O)c2ccc(C)c(NC(=O)c3ccco3)c2)cc1C. The predicted octanol–water partition coefficient (Wildman–Crippen LogP) is 3.96. The molecular formula is C24H23N3O6. The minimum absolute atomic E-state index is 0.123. The lowest BCUT2D eigenvalue weighted by atomic mass is 10.1. The fourth-order valence-electron chi connectivity index (χ4n) is 2.83. The van der Waals surface area contributed by atoms with E-state index in [1.165, 1.54) is 24.5 Å². The Morgan fingerprint density at radius 3 is 2.33 bits per heavy atom. The predicted molar refractivity (Wildman–Crippen MR) is 121 cm³/mol. The van der Waals surface area contributed by atoms with Gasteiger partial charge in [-0.3, -0.25) is 14.9 Å². The van der Waals surface area contributed by atoms with Crippen molar-refractivity contribution in [3.8, 4) is 0 Å². The maximum atomic E-state index is 12.3. The van der Waals surface area contributed by atoms with E-state index in [1.807, 2.05) is 19.9 Å². The van der Waals surface area contributed by atoms with Crippen molar-refractivity contribution in [2.75, 3.05) is 17.2 Å². The minimum Gasteiger partial charge on any atom is -0.459 e. The molecule has 0 saturated heterocycles. The van der Waals surface area contributed by atoms with Gasteiger partial charge in [-0.25, -0.2) is 9.59 Å². The first-order chi connectivity index (χ1) is 15.7. The van der Waals surface area contributed by atoms with Crippen LogP contribution >= 0.6 is 0 Å². The molecule has 3 aromatic rings. The molecule has 0 spiro atoms. The summed E-state index contributed by atoms with van der Waals surface area (Å²) >= 11 is 0. The number of esters is 1. The van der Waals surface area contributed by atoms with Gasteiger partial charge in [0.1, 0.15) is 0 Å². The van der Waals surface area contributed by atoms with E-state index in [-0.39, 0.29) is 11.3 Å². The molecule has 170 valence electrons. The number of hydrogen-bond donors (Lipinski definition) is 3. The molecule has 3 rings (SSSR count). The molecule has 9 heteroatoms. The number of imide groups is 1. The van der Waals surface area contributed by atoms with Crippen molar-refractivity contribution in [2.24, 2.45) is 0 Å². The van der Waals surface area contributed by atoms with E-state index in [0.717, 1.165) is 11.1 Å². The molecule has 9 nitrogen and oxygen atoms in total. The van der Waals surface area contributed by atoms with Crippen LogP contribution in [0.1, 0.15) is 37.6 Å². The molecule has 0 radical (unpaired) electrons. The zero-order valence-electron chi connectivity index (χ0n) is 18.4. The molecule has 1 aromatic heterocycles. The maximum Gasteiger partial charge on any atom is 0.338 e. The molecule has 0 fully saturated rings. The minimum atomic E-state index is -0.789. The van der Waals surface area contributed by atoms with E-state index in [2.05, 4.69) is 16.0 Å². The monoisotopic (exact) mass is 449 g/mol. The van der Waals surface area contributed by atoms with Crippen LogP contribution in [-0.4, -0.2) is 30.4 Å². The molecule has 2 aromatic carbocycles. The van der Waals surface area contributed by atoms with Crippen LogP contribution in [0.2, 0.25) is 0 Å². The van der Waals surface area contributed by atoms with Crippen LogP contribution in [0.5, 0.6) is 0 Å². The highest BCUT2D eigenvalue weighted by Gasteiger charge is 2.16. The topological polar surface area (TPSA) is 127 Å². The number of urea groups is 1. The Labute approximate surface area is 190 Å². The van der Waals surface area contributed by atoms with Crippen LogP contribution in [0.3, 0.4) is 0 Å². The number of carbonyl (C=O) groups is 4. The van der Waals surface area contributed by atoms with Crippen LogP contribution in [-0.2, 0) is 9.53 Å². The first-order valence-electron chi connectivity index (χ1n) is 10.0. The highest BCUT2D eigenvalue weighted by molar-refractivity contribution is 6.04. The Morgan fingerprint density at radius 2 is 1.64 bits per heavy atom. The molecule has 3 N–H and O–H groups in total. The molecule has 0 aliphatic carbocycles. The largest absolute Gasteiger partial charge is 0.459 e. The van der Waals surface area contributed by atoms with Crippen LogP contribution in [0.25, 0.3) is 0 Å². The molecule has 0 unspecified atom stereocenters. The van der Waals surface area contributed by atoms with Gasteiger partial charge in [-0.05, 0) is 73.9 Å². The van der Waals surface area contributed by atoms with Gasteiger partial charge in [0.25, 0.3) is 11.8 Å². The first-order valence-corrected chi connectivity index (χ1v) is 10.0. The van der Waals surface area contributed by atoms with Crippen molar-refractivity contribution in [1.82, 2.24) is 5.32 Å². The number of hydrogen-bond acceptors (Lipinski definition) is 6. The van der Waals surface area contributed by atoms with Crippen LogP contribution in [0, 0.1) is 20.8 Å². The van der Waals surface area contributed by atoms with E-state index in [4.69, 9.17) is 9.15 Å². The standard InChI is InChI=1S/C24H23N3O6/c1-14-7-9-18(11-16(14)3)25-24(31)27-21(28)13-33-23(30)17-8-6-15(2)19(12-17)26-22(29)20-5-4-10-32-20/h4-12H,13H2,1-3H3,(H,26,29)(H2,25,27,28,31). The Balaban J connectivity index is 1.53. The number of benzene rings is 2. The Bertz CT molecular complexity index is 1200. The van der Waals surface area contributed by atoms with Crippen molar-refractivity contribution >= 4 is 35.2 Å². The smallest absolute Gasteiger partial charge is 0.338 e. The van der Waals surface area contributed by atoms with Gasteiger partial charge < -0.3 is 19.8 Å². The second-order valence-corrected chi connectivity index (χ2v) is 7.34. The van der Waals surface area contributed by atoms with Crippen LogP contribution in [0.15, 0.2) is 59.2 Å². The lowest BCUT2D eigenvalue weighted by Gasteiger charge is -2.11. The summed E-state index contributed by atoms with van der Waals surface area (Å²) in [6, 6.07) is 12.3. The fourth-order valence-corrected chi connectivity index (χ4v) is 2.83.